The van der Waals surface area contributed by atoms with Crippen molar-refractivity contribution in [1.82, 2.24) is 4.90 Å². The lowest BCUT2D eigenvalue weighted by Crippen LogP contribution is -2.29. The van der Waals surface area contributed by atoms with Gasteiger partial charge in [0.15, 0.2) is 0 Å². The van der Waals surface area contributed by atoms with E-state index in [2.05, 4.69) is 11.0 Å². The van der Waals surface area contributed by atoms with Crippen LogP contribution in [0, 0.1) is 0 Å². The van der Waals surface area contributed by atoms with E-state index in [9.17, 15) is 4.79 Å². The van der Waals surface area contributed by atoms with Gasteiger partial charge in [0.05, 0.1) is 0 Å². The van der Waals surface area contributed by atoms with E-state index in [0.717, 1.165) is 6.54 Å². The zero-order chi connectivity index (χ0) is 11.4. The topological polar surface area (TPSA) is 46.3 Å². The second kappa shape index (κ2) is 5.12. The SMILES string of the molecule is NC(=O)c1cccc(CN2CCCCC2)c1. The molecule has 0 bridgehead atoms. The van der Waals surface area contributed by atoms with E-state index >= 15 is 0 Å². The number of rotatable bonds is 3. The van der Waals surface area contributed by atoms with E-state index < -0.39 is 0 Å². The van der Waals surface area contributed by atoms with Crippen LogP contribution in [0.3, 0.4) is 0 Å². The van der Waals surface area contributed by atoms with Crippen molar-refractivity contribution < 1.29 is 4.79 Å². The maximum absolute atomic E-state index is 11.1. The highest BCUT2D eigenvalue weighted by Crippen LogP contribution is 2.13. The molecule has 1 aromatic rings. The van der Waals surface area contributed by atoms with Crippen LogP contribution >= 0.6 is 0 Å². The molecule has 2 N–H and O–H groups in total. The van der Waals surface area contributed by atoms with Crippen LogP contribution in [-0.2, 0) is 6.54 Å². The molecular formula is C13H18N2O. The standard InChI is InChI=1S/C13H18N2O/c14-13(16)12-6-4-5-11(9-12)10-15-7-2-1-3-8-15/h4-6,9H,1-3,7-8,10H2,(H2,14,16). The van der Waals surface area contributed by atoms with Gasteiger partial charge in [-0.2, -0.15) is 0 Å². The van der Waals surface area contributed by atoms with Crippen molar-refractivity contribution in [2.24, 2.45) is 5.73 Å². The summed E-state index contributed by atoms with van der Waals surface area (Å²) in [5.74, 6) is -0.347. The summed E-state index contributed by atoms with van der Waals surface area (Å²) in [6.45, 7) is 3.27. The van der Waals surface area contributed by atoms with Crippen molar-refractivity contribution in [3.05, 3.63) is 35.4 Å². The van der Waals surface area contributed by atoms with Crippen molar-refractivity contribution in [2.45, 2.75) is 25.8 Å². The van der Waals surface area contributed by atoms with E-state index in [4.69, 9.17) is 5.73 Å². The van der Waals surface area contributed by atoms with Crippen molar-refractivity contribution in [1.29, 1.82) is 0 Å². The molecule has 1 aliphatic heterocycles. The van der Waals surface area contributed by atoms with Gasteiger partial charge < -0.3 is 5.73 Å². The van der Waals surface area contributed by atoms with Crippen molar-refractivity contribution in [2.75, 3.05) is 13.1 Å². The molecule has 1 heterocycles. The summed E-state index contributed by atoms with van der Waals surface area (Å²) in [6, 6.07) is 7.62. The summed E-state index contributed by atoms with van der Waals surface area (Å²) in [5, 5.41) is 0. The number of carbonyl (C=O) groups is 1. The van der Waals surface area contributed by atoms with E-state index in [1.165, 1.54) is 37.9 Å². The number of hydrogen-bond acceptors (Lipinski definition) is 2. The van der Waals surface area contributed by atoms with Crippen LogP contribution in [0.4, 0.5) is 0 Å². The number of hydrogen-bond donors (Lipinski definition) is 1. The fourth-order valence-corrected chi connectivity index (χ4v) is 2.20. The second-order valence-electron chi connectivity index (χ2n) is 4.40. The second-order valence-corrected chi connectivity index (χ2v) is 4.40. The molecule has 1 saturated heterocycles. The Bertz CT molecular complexity index is 370. The van der Waals surface area contributed by atoms with Gasteiger partial charge in [0.1, 0.15) is 0 Å². The van der Waals surface area contributed by atoms with Gasteiger partial charge >= 0.3 is 0 Å². The van der Waals surface area contributed by atoms with E-state index in [1.54, 1.807) is 6.07 Å². The molecule has 0 unspecified atom stereocenters. The number of carbonyl (C=O) groups excluding carboxylic acids is 1. The molecular weight excluding hydrogens is 200 g/mol. The maximum Gasteiger partial charge on any atom is 0.248 e. The Labute approximate surface area is 96.2 Å². The Morgan fingerprint density at radius 2 is 2.00 bits per heavy atom. The van der Waals surface area contributed by atoms with Gasteiger partial charge in [-0.15, -0.1) is 0 Å². The highest BCUT2D eigenvalue weighted by molar-refractivity contribution is 5.92. The number of piperidine rings is 1. The average Bonchev–Trinajstić information content (AvgIpc) is 2.30. The maximum atomic E-state index is 11.1. The van der Waals surface area contributed by atoms with Crippen molar-refractivity contribution in [3.8, 4) is 0 Å². The lowest BCUT2D eigenvalue weighted by atomic mass is 10.1. The van der Waals surface area contributed by atoms with Gasteiger partial charge in [0, 0.05) is 12.1 Å². The molecule has 0 aromatic heterocycles. The number of primary amides is 1. The Balaban J connectivity index is 2.02. The van der Waals surface area contributed by atoms with Gasteiger partial charge in [-0.3, -0.25) is 9.69 Å². The lowest BCUT2D eigenvalue weighted by molar-refractivity contribution is 0.1000. The van der Waals surface area contributed by atoms with Crippen LogP contribution in [0.5, 0.6) is 0 Å². The van der Waals surface area contributed by atoms with Gasteiger partial charge in [0.25, 0.3) is 0 Å². The number of benzene rings is 1. The van der Waals surface area contributed by atoms with Gasteiger partial charge in [-0.25, -0.2) is 0 Å². The fraction of sp³-hybridized carbons (Fsp3) is 0.462. The molecule has 86 valence electrons. The van der Waals surface area contributed by atoms with Crippen LogP contribution in [0.2, 0.25) is 0 Å². The quantitative estimate of drug-likeness (QED) is 0.840. The third-order valence-corrected chi connectivity index (χ3v) is 3.07. The number of nitrogens with zero attached hydrogens (tertiary/aromatic N) is 1. The monoisotopic (exact) mass is 218 g/mol. The largest absolute Gasteiger partial charge is 0.366 e. The average molecular weight is 218 g/mol. The Morgan fingerprint density at radius 3 is 2.69 bits per heavy atom. The van der Waals surface area contributed by atoms with Crippen LogP contribution in [0.15, 0.2) is 24.3 Å². The van der Waals surface area contributed by atoms with Crippen LogP contribution in [-0.4, -0.2) is 23.9 Å². The predicted molar refractivity (Wildman–Crippen MR) is 64.1 cm³/mol. The van der Waals surface area contributed by atoms with Crippen LogP contribution in [0.25, 0.3) is 0 Å². The zero-order valence-corrected chi connectivity index (χ0v) is 9.48. The first-order valence-electron chi connectivity index (χ1n) is 5.87. The molecule has 0 atom stereocenters. The van der Waals surface area contributed by atoms with Gasteiger partial charge in [-0.05, 0) is 43.6 Å². The first-order valence-corrected chi connectivity index (χ1v) is 5.87. The number of nitrogens with two attached hydrogens (primary N) is 1. The van der Waals surface area contributed by atoms with Gasteiger partial charge in [0.2, 0.25) is 5.91 Å². The zero-order valence-electron chi connectivity index (χ0n) is 9.48. The summed E-state index contributed by atoms with van der Waals surface area (Å²) in [7, 11) is 0. The smallest absolute Gasteiger partial charge is 0.248 e. The molecule has 0 saturated carbocycles. The highest BCUT2D eigenvalue weighted by Gasteiger charge is 2.10. The molecule has 3 heteroatoms. The van der Waals surface area contributed by atoms with E-state index in [0.29, 0.717) is 5.56 Å². The van der Waals surface area contributed by atoms with E-state index in [1.807, 2.05) is 12.1 Å². The molecule has 0 aliphatic carbocycles. The minimum absolute atomic E-state index is 0.347. The summed E-state index contributed by atoms with van der Waals surface area (Å²) in [6.07, 6.45) is 3.92. The van der Waals surface area contributed by atoms with Gasteiger partial charge in [-0.1, -0.05) is 18.6 Å². The Hall–Kier alpha value is -1.35. The molecule has 0 radical (unpaired) electrons. The molecule has 16 heavy (non-hydrogen) atoms. The van der Waals surface area contributed by atoms with Crippen molar-refractivity contribution >= 4 is 5.91 Å². The molecule has 1 amide bonds. The highest BCUT2D eigenvalue weighted by atomic mass is 16.1. The molecule has 1 aliphatic rings. The summed E-state index contributed by atoms with van der Waals surface area (Å²) in [4.78, 5) is 13.5. The van der Waals surface area contributed by atoms with Crippen molar-refractivity contribution in [3.63, 3.8) is 0 Å². The fourth-order valence-electron chi connectivity index (χ4n) is 2.20. The summed E-state index contributed by atoms with van der Waals surface area (Å²) in [5.41, 5.74) is 7.05. The van der Waals surface area contributed by atoms with Crippen LogP contribution < -0.4 is 5.73 Å². The summed E-state index contributed by atoms with van der Waals surface area (Å²) < 4.78 is 0. The molecule has 1 aromatic carbocycles. The third kappa shape index (κ3) is 2.83. The first-order chi connectivity index (χ1) is 7.75. The van der Waals surface area contributed by atoms with E-state index in [-0.39, 0.29) is 5.91 Å². The minimum Gasteiger partial charge on any atom is -0.366 e. The Morgan fingerprint density at radius 1 is 1.25 bits per heavy atom. The third-order valence-electron chi connectivity index (χ3n) is 3.07. The Kier molecular flexibility index (Phi) is 3.57. The molecule has 2 rings (SSSR count). The molecule has 1 fully saturated rings. The first kappa shape index (κ1) is 11.1. The molecule has 0 spiro atoms. The number of likely N-dealkylation sites (tertiary alicyclic amines) is 1. The molecule has 3 nitrogen and oxygen atoms in total. The summed E-state index contributed by atoms with van der Waals surface area (Å²) >= 11 is 0. The minimum atomic E-state index is -0.347. The number of amides is 1. The lowest BCUT2D eigenvalue weighted by Gasteiger charge is -2.26. The normalized spacial score (nSPS) is 17.2. The predicted octanol–water partition coefficient (Wildman–Crippen LogP) is 1.77. The van der Waals surface area contributed by atoms with Crippen LogP contribution in [0.1, 0.15) is 35.2 Å².